The molecule has 0 fully saturated rings. The molecule has 0 saturated carbocycles. The summed E-state index contributed by atoms with van der Waals surface area (Å²) in [6.45, 7) is 12.7. The molecule has 10 rings (SSSR count). The minimum absolute atomic E-state index is 0.550. The lowest BCUT2D eigenvalue weighted by molar-refractivity contribution is 1.07. The molecule has 336 valence electrons. The Labute approximate surface area is 406 Å². The van der Waals surface area contributed by atoms with Crippen molar-refractivity contribution in [3.8, 4) is 34.2 Å². The molecule has 0 spiro atoms. The number of hydrogen-bond donors (Lipinski definition) is 0. The van der Waals surface area contributed by atoms with Crippen LogP contribution >= 0.6 is 0 Å². The Morgan fingerprint density at radius 3 is 0.580 bits per heavy atom. The monoisotopic (exact) mass is 894 g/mol. The largest absolute Gasteiger partial charge is 0.310 e. The van der Waals surface area contributed by atoms with E-state index in [1.54, 1.807) is 0 Å². The normalized spacial score (nSPS) is 11.0. The molecule has 0 atom stereocenters. The van der Waals surface area contributed by atoms with Gasteiger partial charge in [-0.25, -0.2) is 15.0 Å². The Kier molecular flexibility index (Phi) is 12.4. The van der Waals surface area contributed by atoms with Gasteiger partial charge >= 0.3 is 0 Å². The van der Waals surface area contributed by atoms with Crippen molar-refractivity contribution >= 4 is 51.2 Å². The molecule has 0 radical (unpaired) electrons. The molecule has 0 bridgehead atoms. The van der Waals surface area contributed by atoms with Crippen molar-refractivity contribution in [3.63, 3.8) is 0 Å². The lowest BCUT2D eigenvalue weighted by Crippen LogP contribution is -2.14. The molecule has 69 heavy (non-hydrogen) atoms. The third-order valence-electron chi connectivity index (χ3n) is 12.5. The number of aryl methyl sites for hydroxylation is 6. The first-order chi connectivity index (χ1) is 33.7. The van der Waals surface area contributed by atoms with Gasteiger partial charge in [0.1, 0.15) is 0 Å². The average Bonchev–Trinajstić information content (AvgIpc) is 3.38. The van der Waals surface area contributed by atoms with E-state index < -0.39 is 0 Å². The molecule has 10 aromatic rings. The maximum Gasteiger partial charge on any atom is 0.166 e. The molecular weight excluding hydrogens is 841 g/mol. The van der Waals surface area contributed by atoms with Gasteiger partial charge in [0.2, 0.25) is 0 Å². The fourth-order valence-electron chi connectivity index (χ4n) is 8.76. The molecule has 0 amide bonds. The number of anilines is 9. The van der Waals surface area contributed by atoms with Crippen LogP contribution in [0.3, 0.4) is 0 Å². The second kappa shape index (κ2) is 19.3. The van der Waals surface area contributed by atoms with Crippen LogP contribution in [0.1, 0.15) is 33.4 Å². The van der Waals surface area contributed by atoms with Crippen LogP contribution in [0.5, 0.6) is 0 Å². The number of para-hydroxylation sites is 3. The lowest BCUT2D eigenvalue weighted by Gasteiger charge is -2.29. The zero-order chi connectivity index (χ0) is 47.4. The Morgan fingerprint density at radius 2 is 0.391 bits per heavy atom. The zero-order valence-electron chi connectivity index (χ0n) is 40.0. The average molecular weight is 895 g/mol. The molecule has 0 unspecified atom stereocenters. The van der Waals surface area contributed by atoms with Crippen LogP contribution in [0.4, 0.5) is 51.2 Å². The van der Waals surface area contributed by atoms with Crippen molar-refractivity contribution in [2.75, 3.05) is 14.7 Å². The van der Waals surface area contributed by atoms with E-state index in [2.05, 4.69) is 275 Å². The molecule has 9 aromatic carbocycles. The van der Waals surface area contributed by atoms with E-state index in [1.165, 1.54) is 33.4 Å². The van der Waals surface area contributed by atoms with E-state index in [0.717, 1.165) is 67.9 Å². The second-order valence-corrected chi connectivity index (χ2v) is 17.9. The molecule has 1 heterocycles. The van der Waals surface area contributed by atoms with Crippen molar-refractivity contribution in [1.82, 2.24) is 15.0 Å². The van der Waals surface area contributed by atoms with Crippen LogP contribution in [0, 0.1) is 41.5 Å². The van der Waals surface area contributed by atoms with Crippen molar-refractivity contribution < 1.29 is 0 Å². The molecule has 0 aliphatic heterocycles. The number of hydrogen-bond acceptors (Lipinski definition) is 6. The molecule has 6 nitrogen and oxygen atoms in total. The van der Waals surface area contributed by atoms with E-state index in [-0.39, 0.29) is 0 Å². The highest BCUT2D eigenvalue weighted by molar-refractivity contribution is 5.91. The van der Waals surface area contributed by atoms with Gasteiger partial charge in [-0.3, -0.25) is 0 Å². The van der Waals surface area contributed by atoms with Gasteiger partial charge in [-0.15, -0.1) is 0 Å². The number of aromatic nitrogens is 3. The summed E-state index contributed by atoms with van der Waals surface area (Å²) in [5.74, 6) is 1.65. The Balaban J connectivity index is 1.24. The van der Waals surface area contributed by atoms with Gasteiger partial charge < -0.3 is 14.7 Å². The molecule has 0 N–H and O–H groups in total. The highest BCUT2D eigenvalue weighted by Gasteiger charge is 2.25. The van der Waals surface area contributed by atoms with E-state index in [1.807, 2.05) is 0 Å². The van der Waals surface area contributed by atoms with Gasteiger partial charge in [-0.2, -0.15) is 0 Å². The van der Waals surface area contributed by atoms with Crippen LogP contribution in [0.15, 0.2) is 218 Å². The van der Waals surface area contributed by atoms with Crippen molar-refractivity contribution in [2.45, 2.75) is 41.5 Å². The predicted octanol–water partition coefficient (Wildman–Crippen LogP) is 17.1. The highest BCUT2D eigenvalue weighted by atomic mass is 15.2. The summed E-state index contributed by atoms with van der Waals surface area (Å²) in [7, 11) is 0. The number of benzene rings is 9. The second-order valence-electron chi connectivity index (χ2n) is 17.9. The molecule has 6 heteroatoms. The Hall–Kier alpha value is -8.61. The van der Waals surface area contributed by atoms with Crippen molar-refractivity contribution in [3.05, 3.63) is 252 Å². The topological polar surface area (TPSA) is 48.4 Å². The Morgan fingerprint density at radius 1 is 0.217 bits per heavy atom. The predicted molar refractivity (Wildman–Crippen MR) is 289 cm³/mol. The van der Waals surface area contributed by atoms with E-state index in [0.29, 0.717) is 17.5 Å². The van der Waals surface area contributed by atoms with Crippen LogP contribution in [0.25, 0.3) is 34.2 Å². The molecule has 0 saturated heterocycles. The first-order valence-corrected chi connectivity index (χ1v) is 23.5. The first-order valence-electron chi connectivity index (χ1n) is 23.5. The molecule has 0 aliphatic carbocycles. The number of rotatable bonds is 12. The van der Waals surface area contributed by atoms with Crippen molar-refractivity contribution in [2.24, 2.45) is 0 Å². The molecular formula is C63H54N6. The van der Waals surface area contributed by atoms with Crippen LogP contribution in [-0.2, 0) is 0 Å². The zero-order valence-corrected chi connectivity index (χ0v) is 40.0. The van der Waals surface area contributed by atoms with Gasteiger partial charge in [0, 0.05) is 50.8 Å². The summed E-state index contributed by atoms with van der Waals surface area (Å²) in [5.41, 5.74) is 18.7. The van der Waals surface area contributed by atoms with Crippen LogP contribution < -0.4 is 14.7 Å². The van der Waals surface area contributed by atoms with E-state index in [4.69, 9.17) is 15.0 Å². The fourth-order valence-corrected chi connectivity index (χ4v) is 8.76. The summed E-state index contributed by atoms with van der Waals surface area (Å²) in [6, 6.07) is 77.4. The summed E-state index contributed by atoms with van der Waals surface area (Å²) >= 11 is 0. The molecule has 1 aromatic heterocycles. The third kappa shape index (κ3) is 9.38. The maximum atomic E-state index is 5.54. The van der Waals surface area contributed by atoms with Gasteiger partial charge in [-0.05, 0) is 151 Å². The minimum Gasteiger partial charge on any atom is -0.310 e. The Bertz CT molecular complexity index is 2850. The third-order valence-corrected chi connectivity index (χ3v) is 12.5. The van der Waals surface area contributed by atoms with Gasteiger partial charge in [0.05, 0.1) is 17.1 Å². The van der Waals surface area contributed by atoms with Crippen LogP contribution in [0.2, 0.25) is 0 Å². The van der Waals surface area contributed by atoms with Crippen LogP contribution in [-0.4, -0.2) is 15.0 Å². The van der Waals surface area contributed by atoms with Gasteiger partial charge in [0.15, 0.2) is 17.5 Å². The minimum atomic E-state index is 0.550. The quantitative estimate of drug-likeness (QED) is 0.122. The first kappa shape index (κ1) is 44.2. The van der Waals surface area contributed by atoms with E-state index in [9.17, 15) is 0 Å². The smallest absolute Gasteiger partial charge is 0.166 e. The summed E-state index contributed by atoms with van der Waals surface area (Å²) in [6.07, 6.45) is 0. The lowest BCUT2D eigenvalue weighted by atomic mass is 10.0. The summed E-state index contributed by atoms with van der Waals surface area (Å²) in [5, 5.41) is 0. The van der Waals surface area contributed by atoms with Crippen molar-refractivity contribution in [1.29, 1.82) is 0 Å². The van der Waals surface area contributed by atoms with E-state index >= 15 is 0 Å². The standard InChI is InChI=1S/C63H54N6/c1-43-19-31-49(32-20-43)67(50-33-21-44(2)22-34-50)58-16-10-7-13-55(58)61-64-62(56-14-8-11-17-59(56)68(51-35-23-45(3)24-36-51)52-37-25-46(4)26-38-52)66-63(65-61)57-15-9-12-18-60(57)69(53-39-27-47(5)28-40-53)54-41-29-48(6)30-42-54/h7-42H,1-6H3. The maximum absolute atomic E-state index is 5.54. The fraction of sp³-hybridized carbons (Fsp3) is 0.0952. The SMILES string of the molecule is Cc1ccc(N(c2ccc(C)cc2)c2ccccc2-c2nc(-c3ccccc3N(c3ccc(C)cc3)c3ccc(C)cc3)nc(-c3ccccc3N(c3ccc(C)cc3)c3ccc(C)cc3)n2)cc1. The van der Waals surface area contributed by atoms with Gasteiger partial charge in [-0.1, -0.05) is 143 Å². The summed E-state index contributed by atoms with van der Waals surface area (Å²) in [4.78, 5) is 23.5. The highest BCUT2D eigenvalue weighted by Crippen LogP contribution is 2.45. The molecule has 0 aliphatic rings. The van der Waals surface area contributed by atoms with Gasteiger partial charge in [0.25, 0.3) is 0 Å². The number of nitrogens with zero attached hydrogens (tertiary/aromatic N) is 6. The summed E-state index contributed by atoms with van der Waals surface area (Å²) < 4.78 is 0.